The normalized spacial score (nSPS) is 10.3. The maximum absolute atomic E-state index is 12.5. The van der Waals surface area contributed by atoms with Crippen molar-refractivity contribution in [2.24, 2.45) is 0 Å². The number of esters is 1. The molecule has 0 spiro atoms. The molecule has 3 aromatic rings. The second-order valence-electron chi connectivity index (χ2n) is 6.19. The van der Waals surface area contributed by atoms with Crippen LogP contribution >= 0.6 is 0 Å². The van der Waals surface area contributed by atoms with Gasteiger partial charge in [-0.1, -0.05) is 35.5 Å². The van der Waals surface area contributed by atoms with Crippen LogP contribution in [0.4, 0.5) is 11.4 Å². The zero-order valence-corrected chi connectivity index (χ0v) is 15.9. The lowest BCUT2D eigenvalue weighted by molar-refractivity contribution is -0.119. The third-order valence-corrected chi connectivity index (χ3v) is 4.05. The van der Waals surface area contributed by atoms with E-state index in [-0.39, 0.29) is 17.0 Å². The number of hydrogen-bond acceptors (Lipinski definition) is 6. The number of anilines is 2. The summed E-state index contributed by atoms with van der Waals surface area (Å²) >= 11 is 0. The maximum atomic E-state index is 12.5. The minimum Gasteiger partial charge on any atom is -0.452 e. The molecule has 1 heterocycles. The van der Waals surface area contributed by atoms with E-state index in [0.717, 1.165) is 0 Å². The molecule has 0 aliphatic carbocycles. The summed E-state index contributed by atoms with van der Waals surface area (Å²) < 4.78 is 9.94. The Kier molecular flexibility index (Phi) is 6.03. The van der Waals surface area contributed by atoms with Crippen molar-refractivity contribution in [2.45, 2.75) is 13.8 Å². The van der Waals surface area contributed by atoms with Gasteiger partial charge in [-0.05, 0) is 38.1 Å². The van der Waals surface area contributed by atoms with Gasteiger partial charge in [0, 0.05) is 5.69 Å². The Morgan fingerprint density at radius 1 is 0.966 bits per heavy atom. The van der Waals surface area contributed by atoms with Crippen LogP contribution < -0.4 is 10.6 Å². The zero-order chi connectivity index (χ0) is 20.8. The number of hydrogen-bond donors (Lipinski definition) is 2. The molecule has 0 saturated heterocycles. The van der Waals surface area contributed by atoms with Gasteiger partial charge in [0.2, 0.25) is 0 Å². The first kappa shape index (κ1) is 19.8. The highest BCUT2D eigenvalue weighted by molar-refractivity contribution is 6.10. The van der Waals surface area contributed by atoms with Gasteiger partial charge in [0.05, 0.1) is 16.9 Å². The Hall–Kier alpha value is -3.94. The third-order valence-electron chi connectivity index (χ3n) is 4.05. The van der Waals surface area contributed by atoms with Gasteiger partial charge in [0.1, 0.15) is 11.3 Å². The van der Waals surface area contributed by atoms with Gasteiger partial charge >= 0.3 is 5.97 Å². The van der Waals surface area contributed by atoms with Crippen molar-refractivity contribution in [3.63, 3.8) is 0 Å². The Labute approximate surface area is 166 Å². The Morgan fingerprint density at radius 3 is 2.34 bits per heavy atom. The van der Waals surface area contributed by atoms with Gasteiger partial charge < -0.3 is 19.9 Å². The minimum absolute atomic E-state index is 0.195. The summed E-state index contributed by atoms with van der Waals surface area (Å²) in [6.07, 6.45) is 0. The predicted molar refractivity (Wildman–Crippen MR) is 106 cm³/mol. The molecular formula is C21H19N3O5. The van der Waals surface area contributed by atoms with Crippen LogP contribution in [0.15, 0.2) is 59.1 Å². The molecule has 0 unspecified atom stereocenters. The molecule has 1 aromatic heterocycles. The van der Waals surface area contributed by atoms with E-state index in [9.17, 15) is 14.4 Å². The number of nitrogens with zero attached hydrogens (tertiary/aromatic N) is 1. The third kappa shape index (κ3) is 4.86. The highest BCUT2D eigenvalue weighted by Crippen LogP contribution is 2.18. The average molecular weight is 393 g/mol. The molecule has 0 aliphatic rings. The van der Waals surface area contributed by atoms with Gasteiger partial charge in [0.25, 0.3) is 11.8 Å². The van der Waals surface area contributed by atoms with Gasteiger partial charge in [-0.2, -0.15) is 0 Å². The van der Waals surface area contributed by atoms with E-state index in [1.54, 1.807) is 62.4 Å². The average Bonchev–Trinajstić information content (AvgIpc) is 3.05. The van der Waals surface area contributed by atoms with Gasteiger partial charge in [-0.15, -0.1) is 0 Å². The van der Waals surface area contributed by atoms with Gasteiger partial charge in [-0.25, -0.2) is 4.79 Å². The van der Waals surface area contributed by atoms with Crippen LogP contribution in [0, 0.1) is 13.8 Å². The molecule has 0 saturated carbocycles. The topological polar surface area (TPSA) is 111 Å². The fraction of sp³-hybridized carbons (Fsp3) is 0.143. The van der Waals surface area contributed by atoms with Crippen molar-refractivity contribution in [3.05, 3.63) is 77.2 Å². The molecule has 29 heavy (non-hydrogen) atoms. The van der Waals surface area contributed by atoms with Gasteiger partial charge in [0.15, 0.2) is 6.61 Å². The van der Waals surface area contributed by atoms with E-state index < -0.39 is 18.5 Å². The van der Waals surface area contributed by atoms with Crippen LogP contribution in [-0.2, 0) is 9.53 Å². The quantitative estimate of drug-likeness (QED) is 0.622. The summed E-state index contributed by atoms with van der Waals surface area (Å²) in [5.74, 6) is -1.34. The van der Waals surface area contributed by atoms with Crippen LogP contribution in [0.2, 0.25) is 0 Å². The molecule has 148 valence electrons. The van der Waals surface area contributed by atoms with Crippen molar-refractivity contribution in [1.29, 1.82) is 0 Å². The van der Waals surface area contributed by atoms with E-state index in [4.69, 9.17) is 9.26 Å². The largest absolute Gasteiger partial charge is 0.452 e. The van der Waals surface area contributed by atoms with Crippen LogP contribution in [0.3, 0.4) is 0 Å². The fourth-order valence-corrected chi connectivity index (χ4v) is 2.67. The van der Waals surface area contributed by atoms with E-state index in [1.807, 2.05) is 6.07 Å². The Morgan fingerprint density at radius 2 is 1.66 bits per heavy atom. The van der Waals surface area contributed by atoms with Crippen LogP contribution in [0.25, 0.3) is 0 Å². The van der Waals surface area contributed by atoms with E-state index in [2.05, 4.69) is 15.8 Å². The van der Waals surface area contributed by atoms with E-state index >= 15 is 0 Å². The number of carbonyl (C=O) groups excluding carboxylic acids is 3. The number of carbonyl (C=O) groups is 3. The highest BCUT2D eigenvalue weighted by atomic mass is 16.5. The van der Waals surface area contributed by atoms with Gasteiger partial charge in [-0.3, -0.25) is 9.59 Å². The number of amides is 2. The number of para-hydroxylation sites is 2. The number of rotatable bonds is 6. The van der Waals surface area contributed by atoms with E-state index in [0.29, 0.717) is 22.8 Å². The molecule has 0 atom stereocenters. The molecule has 2 aromatic carbocycles. The Bertz CT molecular complexity index is 1020. The first-order chi connectivity index (χ1) is 14.0. The molecule has 0 bridgehead atoms. The number of ether oxygens (including phenoxy) is 1. The second kappa shape index (κ2) is 8.83. The standard InChI is InChI=1S/C21H19N3O5/c1-13-19(14(2)29-24-13)21(27)28-12-18(25)23-17-11-7-6-10-16(17)20(26)22-15-8-4-3-5-9-15/h3-11H,12H2,1-2H3,(H,22,26)(H,23,25). The second-order valence-corrected chi connectivity index (χ2v) is 6.19. The minimum atomic E-state index is -0.702. The SMILES string of the molecule is Cc1noc(C)c1C(=O)OCC(=O)Nc1ccccc1C(=O)Nc1ccccc1. The summed E-state index contributed by atoms with van der Waals surface area (Å²) in [6, 6.07) is 15.5. The molecule has 0 fully saturated rings. The first-order valence-electron chi connectivity index (χ1n) is 8.81. The fourth-order valence-electron chi connectivity index (χ4n) is 2.67. The number of aryl methyl sites for hydroxylation is 2. The summed E-state index contributed by atoms with van der Waals surface area (Å²) in [5.41, 5.74) is 1.80. The lowest BCUT2D eigenvalue weighted by atomic mass is 10.1. The van der Waals surface area contributed by atoms with Crippen molar-refractivity contribution < 1.29 is 23.6 Å². The number of nitrogens with one attached hydrogen (secondary N) is 2. The van der Waals surface area contributed by atoms with Crippen LogP contribution in [-0.4, -0.2) is 29.5 Å². The summed E-state index contributed by atoms with van der Waals surface area (Å²) in [5, 5.41) is 9.03. The van der Waals surface area contributed by atoms with Crippen molar-refractivity contribution >= 4 is 29.2 Å². The molecule has 0 aliphatic heterocycles. The predicted octanol–water partition coefficient (Wildman–Crippen LogP) is 3.34. The molecule has 0 radical (unpaired) electrons. The lowest BCUT2D eigenvalue weighted by Gasteiger charge is -2.11. The number of benzene rings is 2. The molecular weight excluding hydrogens is 374 g/mol. The molecule has 2 N–H and O–H groups in total. The van der Waals surface area contributed by atoms with E-state index in [1.165, 1.54) is 0 Å². The lowest BCUT2D eigenvalue weighted by Crippen LogP contribution is -2.23. The van der Waals surface area contributed by atoms with Crippen molar-refractivity contribution in [2.75, 3.05) is 17.2 Å². The smallest absolute Gasteiger partial charge is 0.344 e. The first-order valence-corrected chi connectivity index (χ1v) is 8.81. The van der Waals surface area contributed by atoms with Crippen LogP contribution in [0.5, 0.6) is 0 Å². The molecule has 8 heteroatoms. The summed E-state index contributed by atoms with van der Waals surface area (Å²) in [6.45, 7) is 2.67. The number of aromatic nitrogens is 1. The maximum Gasteiger partial charge on any atom is 0.344 e. The molecule has 8 nitrogen and oxygen atoms in total. The summed E-state index contributed by atoms with van der Waals surface area (Å²) in [7, 11) is 0. The zero-order valence-electron chi connectivity index (χ0n) is 15.9. The summed E-state index contributed by atoms with van der Waals surface area (Å²) in [4.78, 5) is 36.9. The molecule has 3 rings (SSSR count). The van der Waals surface area contributed by atoms with Crippen LogP contribution in [0.1, 0.15) is 32.2 Å². The van der Waals surface area contributed by atoms with Crippen molar-refractivity contribution in [1.82, 2.24) is 5.16 Å². The molecule has 2 amide bonds. The highest BCUT2D eigenvalue weighted by Gasteiger charge is 2.20. The monoisotopic (exact) mass is 393 g/mol. The Balaban J connectivity index is 1.63. The van der Waals surface area contributed by atoms with Crippen molar-refractivity contribution in [3.8, 4) is 0 Å².